The molecule has 1 aliphatic rings. The molecule has 0 unspecified atom stereocenters. The monoisotopic (exact) mass is 301 g/mol. The van der Waals surface area contributed by atoms with Crippen molar-refractivity contribution in [3.63, 3.8) is 0 Å². The van der Waals surface area contributed by atoms with Crippen LogP contribution in [0.2, 0.25) is 0 Å². The van der Waals surface area contributed by atoms with Gasteiger partial charge >= 0.3 is 7.12 Å². The Labute approximate surface area is 117 Å². The van der Waals surface area contributed by atoms with Gasteiger partial charge in [-0.15, -0.1) is 0 Å². The Balaban J connectivity index is 2.45. The van der Waals surface area contributed by atoms with Crippen molar-refractivity contribution in [3.05, 3.63) is 23.8 Å². The van der Waals surface area contributed by atoms with Crippen LogP contribution in [0, 0.1) is 0 Å². The summed E-state index contributed by atoms with van der Waals surface area (Å²) in [6.45, 7) is 0.658. The molecule has 2 rings (SSSR count). The van der Waals surface area contributed by atoms with Gasteiger partial charge < -0.3 is 19.9 Å². The molecule has 1 fully saturated rings. The van der Waals surface area contributed by atoms with Crippen LogP contribution in [0.25, 0.3) is 0 Å². The molecule has 0 atom stereocenters. The van der Waals surface area contributed by atoms with E-state index in [1.54, 1.807) is 0 Å². The van der Waals surface area contributed by atoms with Crippen molar-refractivity contribution in [2.75, 3.05) is 26.3 Å². The van der Waals surface area contributed by atoms with E-state index < -0.39 is 23.7 Å². The molecule has 7 nitrogen and oxygen atoms in total. The van der Waals surface area contributed by atoms with Crippen LogP contribution in [0.1, 0.15) is 5.56 Å². The van der Waals surface area contributed by atoms with Crippen LogP contribution in [0.4, 0.5) is 0 Å². The zero-order chi connectivity index (χ0) is 14.8. The zero-order valence-electron chi connectivity index (χ0n) is 10.8. The molecule has 110 valence electrons. The van der Waals surface area contributed by atoms with Crippen molar-refractivity contribution in [1.29, 1.82) is 0 Å². The number of benzene rings is 1. The molecule has 0 amide bonds. The first kappa shape index (κ1) is 15.4. The van der Waals surface area contributed by atoms with E-state index in [2.05, 4.69) is 0 Å². The van der Waals surface area contributed by atoms with Crippen LogP contribution < -0.4 is 5.46 Å². The summed E-state index contributed by atoms with van der Waals surface area (Å²) < 4.78 is 31.5. The lowest BCUT2D eigenvalue weighted by molar-refractivity contribution is 0.0730. The molecule has 0 radical (unpaired) electrons. The van der Waals surface area contributed by atoms with Crippen molar-refractivity contribution in [2.24, 2.45) is 0 Å². The Morgan fingerprint density at radius 1 is 1.25 bits per heavy atom. The lowest BCUT2D eigenvalue weighted by Crippen LogP contribution is -2.41. The second-order valence-corrected chi connectivity index (χ2v) is 6.32. The summed E-state index contributed by atoms with van der Waals surface area (Å²) in [5.41, 5.74) is 0.287. The molecule has 0 bridgehead atoms. The van der Waals surface area contributed by atoms with Crippen LogP contribution in [0.3, 0.4) is 0 Å². The van der Waals surface area contributed by atoms with Crippen molar-refractivity contribution < 1.29 is 28.3 Å². The number of hydrogen-bond acceptors (Lipinski definition) is 6. The van der Waals surface area contributed by atoms with Crippen molar-refractivity contribution in [1.82, 2.24) is 4.31 Å². The van der Waals surface area contributed by atoms with Crippen molar-refractivity contribution in [2.45, 2.75) is 11.5 Å². The minimum Gasteiger partial charge on any atom is -0.423 e. The summed E-state index contributed by atoms with van der Waals surface area (Å²) in [6, 6.07) is 3.93. The lowest BCUT2D eigenvalue weighted by Gasteiger charge is -2.27. The van der Waals surface area contributed by atoms with Crippen molar-refractivity contribution in [3.8, 4) is 0 Å². The topological polar surface area (TPSA) is 107 Å². The lowest BCUT2D eigenvalue weighted by atomic mass is 9.80. The fourth-order valence-corrected chi connectivity index (χ4v) is 3.69. The quantitative estimate of drug-likeness (QED) is 0.549. The molecule has 0 saturated carbocycles. The summed E-state index contributed by atoms with van der Waals surface area (Å²) >= 11 is 0. The first-order valence-electron chi connectivity index (χ1n) is 6.14. The predicted octanol–water partition coefficient (Wildman–Crippen LogP) is -2.12. The fourth-order valence-electron chi connectivity index (χ4n) is 2.03. The Morgan fingerprint density at radius 3 is 2.45 bits per heavy atom. The van der Waals surface area contributed by atoms with Crippen LogP contribution >= 0.6 is 0 Å². The third kappa shape index (κ3) is 3.03. The highest BCUT2D eigenvalue weighted by Crippen LogP contribution is 2.20. The number of aliphatic hydroxyl groups excluding tert-OH is 1. The Kier molecular flexibility index (Phi) is 4.79. The minimum atomic E-state index is -3.79. The van der Waals surface area contributed by atoms with Gasteiger partial charge in [0.2, 0.25) is 10.0 Å². The number of nitrogens with zero attached hydrogens (tertiary/aromatic N) is 1. The molecule has 1 heterocycles. The highest BCUT2D eigenvalue weighted by Gasteiger charge is 2.29. The third-order valence-electron chi connectivity index (χ3n) is 3.15. The van der Waals surface area contributed by atoms with Gasteiger partial charge in [0, 0.05) is 13.1 Å². The van der Waals surface area contributed by atoms with E-state index in [-0.39, 0.29) is 29.0 Å². The second-order valence-electron chi connectivity index (χ2n) is 4.42. The van der Waals surface area contributed by atoms with E-state index >= 15 is 0 Å². The molecule has 1 aromatic rings. The molecule has 9 heteroatoms. The van der Waals surface area contributed by atoms with E-state index in [1.165, 1.54) is 22.5 Å². The third-order valence-corrected chi connectivity index (χ3v) is 5.13. The Bertz CT molecular complexity index is 570. The zero-order valence-corrected chi connectivity index (χ0v) is 11.6. The van der Waals surface area contributed by atoms with Crippen LogP contribution in [0.15, 0.2) is 23.1 Å². The summed E-state index contributed by atoms with van der Waals surface area (Å²) in [4.78, 5) is -0.104. The SMILES string of the molecule is O=S(=O)(c1cc(B(O)O)ccc1CO)N1CCOCC1. The van der Waals surface area contributed by atoms with E-state index in [0.717, 1.165) is 0 Å². The Hall–Kier alpha value is -0.965. The number of sulfonamides is 1. The first-order chi connectivity index (χ1) is 9.46. The van der Waals surface area contributed by atoms with Crippen molar-refractivity contribution >= 4 is 22.6 Å². The first-order valence-corrected chi connectivity index (χ1v) is 7.58. The highest BCUT2D eigenvalue weighted by atomic mass is 32.2. The van der Waals surface area contributed by atoms with Gasteiger partial charge in [0.1, 0.15) is 0 Å². The molecule has 0 aliphatic carbocycles. The highest BCUT2D eigenvalue weighted by molar-refractivity contribution is 7.89. The van der Waals surface area contributed by atoms with E-state index in [0.29, 0.717) is 13.2 Å². The van der Waals surface area contributed by atoms with Gasteiger partial charge in [-0.05, 0) is 17.1 Å². The van der Waals surface area contributed by atoms with E-state index in [1.807, 2.05) is 0 Å². The van der Waals surface area contributed by atoms with Gasteiger partial charge in [-0.3, -0.25) is 0 Å². The summed E-state index contributed by atoms with van der Waals surface area (Å²) in [6.07, 6.45) is 0. The van der Waals surface area contributed by atoms with E-state index in [9.17, 15) is 13.5 Å². The van der Waals surface area contributed by atoms with Gasteiger partial charge in [-0.1, -0.05) is 12.1 Å². The largest absolute Gasteiger partial charge is 0.488 e. The maximum Gasteiger partial charge on any atom is 0.488 e. The molecule has 20 heavy (non-hydrogen) atoms. The van der Waals surface area contributed by atoms with Gasteiger partial charge in [-0.2, -0.15) is 4.31 Å². The summed E-state index contributed by atoms with van der Waals surface area (Å²) in [7, 11) is -5.55. The summed E-state index contributed by atoms with van der Waals surface area (Å²) in [5, 5.41) is 27.6. The number of hydrogen-bond donors (Lipinski definition) is 3. The molecular weight excluding hydrogens is 285 g/mol. The number of rotatable bonds is 4. The van der Waals surface area contributed by atoms with Gasteiger partial charge in [0.25, 0.3) is 0 Å². The molecule has 1 aromatic carbocycles. The number of morpholine rings is 1. The molecule has 0 aromatic heterocycles. The molecule has 1 saturated heterocycles. The van der Waals surface area contributed by atoms with Gasteiger partial charge in [-0.25, -0.2) is 8.42 Å². The maximum absolute atomic E-state index is 12.5. The van der Waals surface area contributed by atoms with Crippen LogP contribution in [0.5, 0.6) is 0 Å². The van der Waals surface area contributed by atoms with Gasteiger partial charge in [0.05, 0.1) is 24.7 Å². The minimum absolute atomic E-state index is 0.0639. The molecule has 0 spiro atoms. The normalized spacial score (nSPS) is 17.1. The van der Waals surface area contributed by atoms with Crippen LogP contribution in [-0.2, 0) is 21.4 Å². The number of aliphatic hydroxyl groups is 1. The molecule has 3 N–H and O–H groups in total. The fraction of sp³-hybridized carbons (Fsp3) is 0.455. The second kappa shape index (κ2) is 6.21. The predicted molar refractivity (Wildman–Crippen MR) is 71.8 cm³/mol. The average molecular weight is 301 g/mol. The van der Waals surface area contributed by atoms with Crippen LogP contribution in [-0.4, -0.2) is 61.3 Å². The molecule has 1 aliphatic heterocycles. The van der Waals surface area contributed by atoms with E-state index in [4.69, 9.17) is 14.8 Å². The Morgan fingerprint density at radius 2 is 1.90 bits per heavy atom. The maximum atomic E-state index is 12.5. The molecular formula is C11H16BNO6S. The van der Waals surface area contributed by atoms with Gasteiger partial charge in [0.15, 0.2) is 0 Å². The average Bonchev–Trinajstić information content (AvgIpc) is 2.47. The summed E-state index contributed by atoms with van der Waals surface area (Å²) in [5.74, 6) is 0. The standard InChI is InChI=1S/C11H16BNO6S/c14-8-9-1-2-10(12(15)16)7-11(9)20(17,18)13-3-5-19-6-4-13/h1-2,7,14-16H,3-6,8H2. The number of ether oxygens (including phenoxy) is 1. The smallest absolute Gasteiger partial charge is 0.423 e.